The number of esters is 1. The number of methoxy groups -OCH3 is 1. The van der Waals surface area contributed by atoms with E-state index in [1.54, 1.807) is 12.1 Å². The zero-order valence-electron chi connectivity index (χ0n) is 12.1. The van der Waals surface area contributed by atoms with Crippen LogP contribution in [-0.2, 0) is 17.8 Å². The average Bonchev–Trinajstić information content (AvgIpc) is 2.89. The van der Waals surface area contributed by atoms with E-state index < -0.39 is 0 Å². The van der Waals surface area contributed by atoms with Gasteiger partial charge in [-0.2, -0.15) is 5.10 Å². The van der Waals surface area contributed by atoms with E-state index >= 15 is 0 Å². The summed E-state index contributed by atoms with van der Waals surface area (Å²) in [6, 6.07) is 5.46. The molecule has 0 unspecified atom stereocenters. The van der Waals surface area contributed by atoms with Crippen molar-refractivity contribution in [2.75, 3.05) is 13.7 Å². The van der Waals surface area contributed by atoms with Crippen molar-refractivity contribution in [2.45, 2.75) is 20.0 Å². The van der Waals surface area contributed by atoms with Crippen LogP contribution in [0.25, 0.3) is 0 Å². The molecule has 6 heteroatoms. The first-order chi connectivity index (χ1) is 10.1. The third-order valence-corrected chi connectivity index (χ3v) is 3.81. The highest BCUT2D eigenvalue weighted by Crippen LogP contribution is 2.19. The van der Waals surface area contributed by atoms with Crippen molar-refractivity contribution in [3.8, 4) is 0 Å². The van der Waals surface area contributed by atoms with Crippen molar-refractivity contribution in [3.63, 3.8) is 0 Å². The zero-order chi connectivity index (χ0) is 15.2. The van der Waals surface area contributed by atoms with E-state index in [1.807, 2.05) is 30.1 Å². The Morgan fingerprint density at radius 3 is 2.90 bits per heavy atom. The van der Waals surface area contributed by atoms with Gasteiger partial charge in [-0.05, 0) is 30.2 Å². The Labute approximate surface area is 132 Å². The number of rotatable bonds is 6. The van der Waals surface area contributed by atoms with E-state index in [2.05, 4.69) is 26.3 Å². The van der Waals surface area contributed by atoms with Gasteiger partial charge in [-0.15, -0.1) is 0 Å². The summed E-state index contributed by atoms with van der Waals surface area (Å²) in [5, 5.41) is 7.59. The molecule has 5 nitrogen and oxygen atoms in total. The van der Waals surface area contributed by atoms with E-state index in [1.165, 1.54) is 7.11 Å². The number of nitrogens with one attached hydrogen (secondary N) is 1. The first-order valence-electron chi connectivity index (χ1n) is 6.66. The van der Waals surface area contributed by atoms with Gasteiger partial charge in [0.15, 0.2) is 0 Å². The van der Waals surface area contributed by atoms with Gasteiger partial charge in [0.1, 0.15) is 0 Å². The van der Waals surface area contributed by atoms with Gasteiger partial charge < -0.3 is 10.1 Å². The fourth-order valence-corrected chi connectivity index (χ4v) is 2.46. The van der Waals surface area contributed by atoms with Crippen LogP contribution in [0.15, 0.2) is 35.1 Å². The van der Waals surface area contributed by atoms with Gasteiger partial charge in [0.2, 0.25) is 0 Å². The number of aromatic nitrogens is 2. The number of carbonyl (C=O) groups excluding carboxylic acids is 1. The normalized spacial score (nSPS) is 10.6. The number of aryl methyl sites for hydroxylation is 1. The molecule has 112 valence electrons. The van der Waals surface area contributed by atoms with Crippen molar-refractivity contribution in [1.29, 1.82) is 0 Å². The Balaban J connectivity index is 1.84. The lowest BCUT2D eigenvalue weighted by Gasteiger charge is -2.08. The summed E-state index contributed by atoms with van der Waals surface area (Å²) < 4.78 is 7.51. The molecule has 0 saturated carbocycles. The van der Waals surface area contributed by atoms with E-state index in [-0.39, 0.29) is 5.97 Å². The molecule has 1 aromatic heterocycles. The molecule has 2 aromatic rings. The summed E-state index contributed by atoms with van der Waals surface area (Å²) in [5.41, 5.74) is 2.80. The molecular formula is C15H18BrN3O2. The Bertz CT molecular complexity index is 625. The van der Waals surface area contributed by atoms with E-state index in [4.69, 9.17) is 4.74 Å². The number of benzene rings is 1. The predicted octanol–water partition coefficient (Wildman–Crippen LogP) is 2.53. The van der Waals surface area contributed by atoms with E-state index in [0.717, 1.165) is 35.2 Å². The summed E-state index contributed by atoms with van der Waals surface area (Å²) in [5.74, 6) is -0.329. The molecule has 0 fully saturated rings. The standard InChI is InChI=1S/C15H18BrN3O2/c1-11-8-18-19(10-11)6-5-17-9-13-4-3-12(7-14(13)16)15(20)21-2/h3-4,7-8,10,17H,5-6,9H2,1-2H3. The minimum absolute atomic E-state index is 0.329. The van der Waals surface area contributed by atoms with Crippen LogP contribution in [-0.4, -0.2) is 29.4 Å². The topological polar surface area (TPSA) is 56.1 Å². The van der Waals surface area contributed by atoms with Crippen LogP contribution in [0.3, 0.4) is 0 Å². The Kier molecular flexibility index (Phi) is 5.52. The van der Waals surface area contributed by atoms with Gasteiger partial charge in [0.25, 0.3) is 0 Å². The molecule has 2 rings (SSSR count). The molecule has 0 amide bonds. The summed E-state index contributed by atoms with van der Waals surface area (Å²) >= 11 is 3.48. The predicted molar refractivity (Wildman–Crippen MR) is 84.2 cm³/mol. The van der Waals surface area contributed by atoms with Gasteiger partial charge in [-0.1, -0.05) is 22.0 Å². The summed E-state index contributed by atoms with van der Waals surface area (Å²) in [4.78, 5) is 11.4. The molecule has 0 atom stereocenters. The van der Waals surface area contributed by atoms with Gasteiger partial charge in [0.05, 0.1) is 25.4 Å². The molecule has 0 aliphatic carbocycles. The fourth-order valence-electron chi connectivity index (χ4n) is 1.94. The average molecular weight is 352 g/mol. The monoisotopic (exact) mass is 351 g/mol. The number of nitrogens with zero attached hydrogens (tertiary/aromatic N) is 2. The summed E-state index contributed by atoms with van der Waals surface area (Å²) in [6.07, 6.45) is 3.87. The number of carbonyl (C=O) groups is 1. The number of hydrogen-bond donors (Lipinski definition) is 1. The van der Waals surface area contributed by atoms with Crippen LogP contribution < -0.4 is 5.32 Å². The highest BCUT2D eigenvalue weighted by molar-refractivity contribution is 9.10. The van der Waals surface area contributed by atoms with Gasteiger partial charge in [-0.25, -0.2) is 4.79 Å². The molecule has 0 radical (unpaired) electrons. The highest BCUT2D eigenvalue weighted by Gasteiger charge is 2.08. The second-order valence-electron chi connectivity index (χ2n) is 4.76. The number of halogens is 1. The quantitative estimate of drug-likeness (QED) is 0.641. The molecular weight excluding hydrogens is 334 g/mol. The molecule has 0 spiro atoms. The lowest BCUT2D eigenvalue weighted by atomic mass is 10.1. The van der Waals surface area contributed by atoms with Crippen LogP contribution in [0.2, 0.25) is 0 Å². The minimum Gasteiger partial charge on any atom is -0.465 e. The van der Waals surface area contributed by atoms with Crippen LogP contribution >= 0.6 is 15.9 Å². The summed E-state index contributed by atoms with van der Waals surface area (Å²) in [6.45, 7) is 4.40. The maximum absolute atomic E-state index is 11.4. The number of ether oxygens (including phenoxy) is 1. The van der Waals surface area contributed by atoms with E-state index in [0.29, 0.717) is 5.56 Å². The third kappa shape index (κ3) is 4.41. The second-order valence-corrected chi connectivity index (χ2v) is 5.61. The van der Waals surface area contributed by atoms with Gasteiger partial charge in [-0.3, -0.25) is 4.68 Å². The van der Waals surface area contributed by atoms with E-state index in [9.17, 15) is 4.79 Å². The van der Waals surface area contributed by atoms with Crippen molar-refractivity contribution in [1.82, 2.24) is 15.1 Å². The first kappa shape index (κ1) is 15.7. The van der Waals surface area contributed by atoms with Crippen molar-refractivity contribution in [3.05, 3.63) is 51.8 Å². The van der Waals surface area contributed by atoms with Crippen molar-refractivity contribution >= 4 is 21.9 Å². The van der Waals surface area contributed by atoms with Crippen LogP contribution in [0.1, 0.15) is 21.5 Å². The SMILES string of the molecule is COC(=O)c1ccc(CNCCn2cc(C)cn2)c(Br)c1. The van der Waals surface area contributed by atoms with Gasteiger partial charge >= 0.3 is 5.97 Å². The van der Waals surface area contributed by atoms with Crippen LogP contribution in [0.5, 0.6) is 0 Å². The third-order valence-electron chi connectivity index (χ3n) is 3.07. The second kappa shape index (κ2) is 7.38. The molecule has 21 heavy (non-hydrogen) atoms. The Morgan fingerprint density at radius 2 is 2.29 bits per heavy atom. The smallest absolute Gasteiger partial charge is 0.337 e. The van der Waals surface area contributed by atoms with Crippen LogP contribution in [0, 0.1) is 6.92 Å². The molecule has 1 heterocycles. The van der Waals surface area contributed by atoms with Crippen molar-refractivity contribution in [2.24, 2.45) is 0 Å². The zero-order valence-corrected chi connectivity index (χ0v) is 13.7. The largest absolute Gasteiger partial charge is 0.465 e. The van der Waals surface area contributed by atoms with Crippen molar-refractivity contribution < 1.29 is 9.53 Å². The molecule has 1 N–H and O–H groups in total. The minimum atomic E-state index is -0.329. The van der Waals surface area contributed by atoms with Crippen LogP contribution in [0.4, 0.5) is 0 Å². The number of hydrogen-bond acceptors (Lipinski definition) is 4. The molecule has 0 saturated heterocycles. The molecule has 1 aromatic carbocycles. The maximum Gasteiger partial charge on any atom is 0.337 e. The Hall–Kier alpha value is -1.66. The molecule has 0 aliphatic heterocycles. The highest BCUT2D eigenvalue weighted by atomic mass is 79.9. The summed E-state index contributed by atoms with van der Waals surface area (Å²) in [7, 11) is 1.38. The Morgan fingerprint density at radius 1 is 1.48 bits per heavy atom. The molecule has 0 aliphatic rings. The fraction of sp³-hybridized carbons (Fsp3) is 0.333. The lowest BCUT2D eigenvalue weighted by molar-refractivity contribution is 0.0600. The maximum atomic E-state index is 11.4. The van der Waals surface area contributed by atoms with Gasteiger partial charge in [0, 0.05) is 23.8 Å². The first-order valence-corrected chi connectivity index (χ1v) is 7.46. The molecule has 0 bridgehead atoms. The lowest BCUT2D eigenvalue weighted by Crippen LogP contribution is -2.20.